The summed E-state index contributed by atoms with van der Waals surface area (Å²) < 4.78 is 0. The van der Waals surface area contributed by atoms with Gasteiger partial charge in [-0.1, -0.05) is 0 Å². The van der Waals surface area contributed by atoms with E-state index in [9.17, 15) is 4.79 Å². The molecule has 0 aliphatic rings. The SMILES string of the molecule is CNCC(NC)C(=O)O.Cl. The third kappa shape index (κ3) is 4.55. The van der Waals surface area contributed by atoms with Crippen molar-refractivity contribution in [1.29, 1.82) is 0 Å². The van der Waals surface area contributed by atoms with Crippen LogP contribution in [0.4, 0.5) is 0 Å². The highest BCUT2D eigenvalue weighted by Crippen LogP contribution is 1.77. The standard InChI is InChI=1S/C5H12N2O2.ClH/c1-6-3-4(7-2)5(8)9;/h4,6-7H,3H2,1-2H3,(H,8,9);1H. The second kappa shape index (κ2) is 6.80. The highest BCUT2D eigenvalue weighted by atomic mass is 35.5. The van der Waals surface area contributed by atoms with Gasteiger partial charge in [-0.05, 0) is 14.1 Å². The molecule has 0 saturated carbocycles. The minimum atomic E-state index is -0.827. The van der Waals surface area contributed by atoms with Gasteiger partial charge in [-0.25, -0.2) is 0 Å². The van der Waals surface area contributed by atoms with Crippen LogP contribution in [0.3, 0.4) is 0 Å². The fourth-order valence-corrected chi connectivity index (χ4v) is 0.517. The van der Waals surface area contributed by atoms with Crippen molar-refractivity contribution in [2.45, 2.75) is 6.04 Å². The van der Waals surface area contributed by atoms with Crippen LogP contribution in [-0.4, -0.2) is 37.8 Å². The van der Waals surface area contributed by atoms with Crippen molar-refractivity contribution in [2.24, 2.45) is 0 Å². The van der Waals surface area contributed by atoms with Gasteiger partial charge >= 0.3 is 5.97 Å². The first-order chi connectivity index (χ1) is 4.22. The molecule has 0 bridgehead atoms. The maximum absolute atomic E-state index is 10.2. The fourth-order valence-electron chi connectivity index (χ4n) is 0.517. The summed E-state index contributed by atoms with van der Waals surface area (Å²) in [6, 6.07) is -0.477. The molecule has 0 spiro atoms. The van der Waals surface area contributed by atoms with Crippen LogP contribution in [0.25, 0.3) is 0 Å². The average Bonchev–Trinajstić information content (AvgIpc) is 1.82. The van der Waals surface area contributed by atoms with Crippen molar-refractivity contribution >= 4 is 18.4 Å². The van der Waals surface area contributed by atoms with Crippen LogP contribution in [0, 0.1) is 0 Å². The van der Waals surface area contributed by atoms with Gasteiger partial charge in [-0.15, -0.1) is 12.4 Å². The van der Waals surface area contributed by atoms with E-state index in [1.165, 1.54) is 0 Å². The number of likely N-dealkylation sites (N-methyl/N-ethyl adjacent to an activating group) is 2. The molecule has 0 aromatic heterocycles. The highest BCUT2D eigenvalue weighted by Gasteiger charge is 2.11. The van der Waals surface area contributed by atoms with Crippen LogP contribution in [0.2, 0.25) is 0 Å². The third-order valence-corrected chi connectivity index (χ3v) is 1.05. The molecule has 0 rings (SSSR count). The Morgan fingerprint density at radius 1 is 1.60 bits per heavy atom. The second-order valence-corrected chi connectivity index (χ2v) is 1.74. The first-order valence-electron chi connectivity index (χ1n) is 2.77. The summed E-state index contributed by atoms with van der Waals surface area (Å²) in [5.41, 5.74) is 0. The molecule has 4 nitrogen and oxygen atoms in total. The minimum Gasteiger partial charge on any atom is -0.480 e. The Morgan fingerprint density at radius 2 is 2.10 bits per heavy atom. The van der Waals surface area contributed by atoms with Crippen molar-refractivity contribution in [1.82, 2.24) is 10.6 Å². The van der Waals surface area contributed by atoms with Crippen molar-refractivity contribution in [3.63, 3.8) is 0 Å². The maximum Gasteiger partial charge on any atom is 0.322 e. The summed E-state index contributed by atoms with van der Waals surface area (Å²) in [7, 11) is 3.34. The molecule has 0 aromatic carbocycles. The van der Waals surface area contributed by atoms with Crippen LogP contribution in [0.15, 0.2) is 0 Å². The summed E-state index contributed by atoms with van der Waals surface area (Å²) in [6.07, 6.45) is 0. The quantitative estimate of drug-likeness (QED) is 0.520. The topological polar surface area (TPSA) is 61.4 Å². The fraction of sp³-hybridized carbons (Fsp3) is 0.800. The van der Waals surface area contributed by atoms with Gasteiger partial charge in [0.15, 0.2) is 0 Å². The van der Waals surface area contributed by atoms with E-state index >= 15 is 0 Å². The predicted molar refractivity (Wildman–Crippen MR) is 41.7 cm³/mol. The molecule has 0 heterocycles. The van der Waals surface area contributed by atoms with E-state index in [-0.39, 0.29) is 12.4 Å². The minimum absolute atomic E-state index is 0. The Hall–Kier alpha value is -0.320. The Kier molecular flexibility index (Phi) is 8.40. The van der Waals surface area contributed by atoms with Crippen LogP contribution >= 0.6 is 12.4 Å². The molecule has 0 radical (unpaired) electrons. The molecule has 0 aliphatic carbocycles. The zero-order chi connectivity index (χ0) is 7.28. The molecule has 0 aromatic rings. The number of aliphatic carboxylic acids is 1. The molecule has 10 heavy (non-hydrogen) atoms. The molecule has 1 atom stereocenters. The Balaban J connectivity index is 0. The lowest BCUT2D eigenvalue weighted by atomic mass is 10.3. The monoisotopic (exact) mass is 168 g/mol. The molecule has 0 aliphatic heterocycles. The molecule has 3 N–H and O–H groups in total. The second-order valence-electron chi connectivity index (χ2n) is 1.74. The summed E-state index contributed by atoms with van der Waals surface area (Å²) >= 11 is 0. The summed E-state index contributed by atoms with van der Waals surface area (Å²) in [5.74, 6) is -0.827. The lowest BCUT2D eigenvalue weighted by Crippen LogP contribution is -2.41. The molecule has 1 unspecified atom stereocenters. The molecule has 62 valence electrons. The first-order valence-corrected chi connectivity index (χ1v) is 2.77. The lowest BCUT2D eigenvalue weighted by Gasteiger charge is -2.08. The number of carboxylic acid groups (broad SMARTS) is 1. The summed E-state index contributed by atoms with van der Waals surface area (Å²) in [4.78, 5) is 10.2. The molecule has 5 heteroatoms. The Labute approximate surface area is 66.4 Å². The Bertz CT molecular complexity index is 99.6. The maximum atomic E-state index is 10.2. The largest absolute Gasteiger partial charge is 0.480 e. The van der Waals surface area contributed by atoms with Crippen LogP contribution in [0.1, 0.15) is 0 Å². The van der Waals surface area contributed by atoms with Crippen molar-refractivity contribution in [3.8, 4) is 0 Å². The first kappa shape index (κ1) is 12.4. The van der Waals surface area contributed by atoms with E-state index in [1.54, 1.807) is 14.1 Å². The average molecular weight is 169 g/mol. The number of halogens is 1. The zero-order valence-corrected chi connectivity index (χ0v) is 6.86. The molecule has 0 fully saturated rings. The van der Waals surface area contributed by atoms with Gasteiger partial charge in [-0.3, -0.25) is 4.79 Å². The van der Waals surface area contributed by atoms with E-state index < -0.39 is 12.0 Å². The van der Waals surface area contributed by atoms with E-state index in [1.807, 2.05) is 0 Å². The van der Waals surface area contributed by atoms with Gasteiger partial charge in [0.05, 0.1) is 0 Å². The molecule has 0 saturated heterocycles. The van der Waals surface area contributed by atoms with E-state index in [4.69, 9.17) is 5.11 Å². The van der Waals surface area contributed by atoms with Gasteiger partial charge in [0, 0.05) is 6.54 Å². The number of rotatable bonds is 4. The van der Waals surface area contributed by atoms with Crippen LogP contribution in [-0.2, 0) is 4.79 Å². The number of nitrogens with one attached hydrogen (secondary N) is 2. The molecular weight excluding hydrogens is 156 g/mol. The van der Waals surface area contributed by atoms with Crippen LogP contribution < -0.4 is 10.6 Å². The highest BCUT2D eigenvalue weighted by molar-refractivity contribution is 5.85. The molecule has 0 amide bonds. The number of carboxylic acids is 1. The zero-order valence-electron chi connectivity index (χ0n) is 6.05. The van der Waals surface area contributed by atoms with E-state index in [0.717, 1.165) is 0 Å². The van der Waals surface area contributed by atoms with Gasteiger partial charge in [0.25, 0.3) is 0 Å². The number of hydrogen-bond donors (Lipinski definition) is 3. The van der Waals surface area contributed by atoms with Gasteiger partial charge in [0.1, 0.15) is 6.04 Å². The smallest absolute Gasteiger partial charge is 0.322 e. The van der Waals surface area contributed by atoms with Crippen LogP contribution in [0.5, 0.6) is 0 Å². The summed E-state index contributed by atoms with van der Waals surface area (Å²) in [5, 5.41) is 13.8. The third-order valence-electron chi connectivity index (χ3n) is 1.05. The molecular formula is C5H13ClN2O2. The predicted octanol–water partition coefficient (Wildman–Crippen LogP) is -0.700. The Morgan fingerprint density at radius 3 is 2.20 bits per heavy atom. The van der Waals surface area contributed by atoms with Gasteiger partial charge in [-0.2, -0.15) is 0 Å². The summed E-state index contributed by atoms with van der Waals surface area (Å²) in [6.45, 7) is 0.450. The van der Waals surface area contributed by atoms with Gasteiger partial charge < -0.3 is 15.7 Å². The van der Waals surface area contributed by atoms with Gasteiger partial charge in [0.2, 0.25) is 0 Å². The lowest BCUT2D eigenvalue weighted by molar-refractivity contribution is -0.139. The van der Waals surface area contributed by atoms with Crippen molar-refractivity contribution < 1.29 is 9.90 Å². The van der Waals surface area contributed by atoms with E-state index in [0.29, 0.717) is 6.54 Å². The van der Waals surface area contributed by atoms with Crippen molar-refractivity contribution in [2.75, 3.05) is 20.6 Å². The van der Waals surface area contributed by atoms with Crippen molar-refractivity contribution in [3.05, 3.63) is 0 Å². The van der Waals surface area contributed by atoms with E-state index in [2.05, 4.69) is 10.6 Å². The normalized spacial score (nSPS) is 11.8. The number of hydrogen-bond acceptors (Lipinski definition) is 3. The number of carbonyl (C=O) groups is 1.